The molecular formula is C19H21N5O4S2. The predicted molar refractivity (Wildman–Crippen MR) is 115 cm³/mol. The highest BCUT2D eigenvalue weighted by molar-refractivity contribution is 8.00. The highest BCUT2D eigenvalue weighted by atomic mass is 32.2. The van der Waals surface area contributed by atoms with Crippen LogP contribution in [0.4, 0.5) is 5.69 Å². The molecule has 0 bridgehead atoms. The second-order valence-corrected chi connectivity index (χ2v) is 9.41. The molecule has 0 aliphatic carbocycles. The molecule has 158 valence electrons. The van der Waals surface area contributed by atoms with Gasteiger partial charge < -0.3 is 4.74 Å². The Balaban J connectivity index is 1.77. The lowest BCUT2D eigenvalue weighted by Gasteiger charge is -2.13. The summed E-state index contributed by atoms with van der Waals surface area (Å²) in [4.78, 5) is 12.8. The molecule has 3 aromatic rings. The number of hydrogen-bond acceptors (Lipinski definition) is 8. The molecule has 1 N–H and O–H groups in total. The fraction of sp³-hybridized carbons (Fsp3) is 0.263. The van der Waals surface area contributed by atoms with Gasteiger partial charge in [0.15, 0.2) is 5.78 Å². The normalized spacial score (nSPS) is 12.4. The van der Waals surface area contributed by atoms with Crippen molar-refractivity contribution >= 4 is 33.3 Å². The highest BCUT2D eigenvalue weighted by Crippen LogP contribution is 2.29. The number of thioether (sulfide) groups is 1. The number of aromatic nitrogens is 4. The lowest BCUT2D eigenvalue weighted by molar-refractivity contribution is 0.0994. The van der Waals surface area contributed by atoms with Crippen LogP contribution < -0.4 is 9.46 Å². The van der Waals surface area contributed by atoms with Crippen LogP contribution in [-0.4, -0.2) is 52.5 Å². The van der Waals surface area contributed by atoms with E-state index in [-0.39, 0.29) is 5.78 Å². The molecule has 0 amide bonds. The Hall–Kier alpha value is -2.92. The maximum Gasteiger partial charge on any atom is 0.229 e. The highest BCUT2D eigenvalue weighted by Gasteiger charge is 2.21. The first-order valence-electron chi connectivity index (χ1n) is 9.08. The van der Waals surface area contributed by atoms with Crippen molar-refractivity contribution in [1.82, 2.24) is 20.2 Å². The SMILES string of the molecule is CCOc1ccccc1-n1nnnc1S[C@H](C)C(=O)c1ccc(NS(C)(=O)=O)cc1. The Morgan fingerprint density at radius 2 is 1.90 bits per heavy atom. The van der Waals surface area contributed by atoms with Gasteiger partial charge in [0, 0.05) is 11.3 Å². The molecule has 0 fully saturated rings. The first kappa shape index (κ1) is 21.8. The number of ether oxygens (including phenoxy) is 1. The van der Waals surface area contributed by atoms with E-state index in [1.165, 1.54) is 11.8 Å². The van der Waals surface area contributed by atoms with Gasteiger partial charge in [0.1, 0.15) is 11.4 Å². The average Bonchev–Trinajstić information content (AvgIpc) is 3.15. The summed E-state index contributed by atoms with van der Waals surface area (Å²) in [7, 11) is -3.37. The third kappa shape index (κ3) is 5.36. The molecule has 2 aromatic carbocycles. The van der Waals surface area contributed by atoms with E-state index in [0.29, 0.717) is 34.5 Å². The summed E-state index contributed by atoms with van der Waals surface area (Å²) in [6.45, 7) is 4.16. The molecule has 3 rings (SSSR count). The number of nitrogens with one attached hydrogen (secondary N) is 1. The molecular weight excluding hydrogens is 426 g/mol. The summed E-state index contributed by atoms with van der Waals surface area (Å²) in [6.07, 6.45) is 1.07. The molecule has 0 saturated carbocycles. The van der Waals surface area contributed by atoms with Gasteiger partial charge in [-0.25, -0.2) is 8.42 Å². The molecule has 9 nitrogen and oxygen atoms in total. The van der Waals surface area contributed by atoms with Gasteiger partial charge in [-0.2, -0.15) is 4.68 Å². The number of hydrogen-bond donors (Lipinski definition) is 1. The van der Waals surface area contributed by atoms with Crippen molar-refractivity contribution in [3.8, 4) is 11.4 Å². The number of ketones is 1. The van der Waals surface area contributed by atoms with Crippen LogP contribution in [0.2, 0.25) is 0 Å². The number of nitrogens with zero attached hydrogens (tertiary/aromatic N) is 4. The number of carbonyl (C=O) groups is 1. The van der Waals surface area contributed by atoms with Crippen LogP contribution in [0, 0.1) is 0 Å². The van der Waals surface area contributed by atoms with E-state index in [1.807, 2.05) is 31.2 Å². The van der Waals surface area contributed by atoms with E-state index in [9.17, 15) is 13.2 Å². The lowest BCUT2D eigenvalue weighted by atomic mass is 10.1. The number of Topliss-reactive ketones (excluding diaryl/α,β-unsaturated/α-hetero) is 1. The Morgan fingerprint density at radius 3 is 2.57 bits per heavy atom. The van der Waals surface area contributed by atoms with Crippen LogP contribution in [-0.2, 0) is 10.0 Å². The molecule has 0 saturated heterocycles. The van der Waals surface area contributed by atoms with Crippen molar-refractivity contribution in [3.05, 3.63) is 54.1 Å². The monoisotopic (exact) mass is 447 g/mol. The van der Waals surface area contributed by atoms with E-state index < -0.39 is 15.3 Å². The minimum Gasteiger partial charge on any atom is -0.492 e. The van der Waals surface area contributed by atoms with Crippen LogP contribution >= 0.6 is 11.8 Å². The zero-order chi connectivity index (χ0) is 21.7. The summed E-state index contributed by atoms with van der Waals surface area (Å²) in [6, 6.07) is 13.7. The first-order valence-corrected chi connectivity index (χ1v) is 11.8. The maximum absolute atomic E-state index is 12.8. The van der Waals surface area contributed by atoms with Crippen molar-refractivity contribution < 1.29 is 17.9 Å². The molecule has 0 aliphatic rings. The van der Waals surface area contributed by atoms with Gasteiger partial charge in [0.05, 0.1) is 18.1 Å². The fourth-order valence-electron chi connectivity index (χ4n) is 2.68. The van der Waals surface area contributed by atoms with Crippen molar-refractivity contribution in [3.63, 3.8) is 0 Å². The van der Waals surface area contributed by atoms with E-state index in [2.05, 4.69) is 20.2 Å². The molecule has 1 aromatic heterocycles. The standard InChI is InChI=1S/C19H21N5O4S2/c1-4-28-17-8-6-5-7-16(17)24-19(20-22-23-24)29-13(2)18(25)14-9-11-15(12-10-14)21-30(3,26)27/h5-13,21H,4H2,1-3H3/t13-/m1/s1. The molecule has 1 heterocycles. The molecule has 0 spiro atoms. The number of sulfonamides is 1. The number of para-hydroxylation sites is 2. The van der Waals surface area contributed by atoms with Crippen molar-refractivity contribution in [2.75, 3.05) is 17.6 Å². The summed E-state index contributed by atoms with van der Waals surface area (Å²) in [5.74, 6) is 0.514. The zero-order valence-corrected chi connectivity index (χ0v) is 18.3. The Kier molecular flexibility index (Phi) is 6.73. The number of tetrazole rings is 1. The molecule has 0 aliphatic heterocycles. The topological polar surface area (TPSA) is 116 Å². The van der Waals surface area contributed by atoms with E-state index >= 15 is 0 Å². The quantitative estimate of drug-likeness (QED) is 0.393. The largest absolute Gasteiger partial charge is 0.492 e. The Labute approximate surface area is 178 Å². The second kappa shape index (κ2) is 9.26. The van der Waals surface area contributed by atoms with Crippen LogP contribution in [0.3, 0.4) is 0 Å². The molecule has 30 heavy (non-hydrogen) atoms. The van der Waals surface area contributed by atoms with Crippen LogP contribution in [0.1, 0.15) is 24.2 Å². The molecule has 0 unspecified atom stereocenters. The van der Waals surface area contributed by atoms with Gasteiger partial charge in [-0.15, -0.1) is 5.10 Å². The van der Waals surface area contributed by atoms with Crippen LogP contribution in [0.15, 0.2) is 53.7 Å². The smallest absolute Gasteiger partial charge is 0.229 e. The fourth-order valence-corrected chi connectivity index (χ4v) is 4.12. The van der Waals surface area contributed by atoms with Crippen molar-refractivity contribution in [2.24, 2.45) is 0 Å². The summed E-state index contributed by atoms with van der Waals surface area (Å²) in [5, 5.41) is 11.8. The third-order valence-electron chi connectivity index (χ3n) is 3.96. The van der Waals surface area contributed by atoms with Gasteiger partial charge in [-0.3, -0.25) is 9.52 Å². The van der Waals surface area contributed by atoms with Crippen LogP contribution in [0.25, 0.3) is 5.69 Å². The van der Waals surface area contributed by atoms with E-state index in [0.717, 1.165) is 6.26 Å². The molecule has 1 atom stereocenters. The van der Waals surface area contributed by atoms with Crippen molar-refractivity contribution in [2.45, 2.75) is 24.3 Å². The summed E-state index contributed by atoms with van der Waals surface area (Å²) >= 11 is 1.23. The molecule has 0 radical (unpaired) electrons. The minimum atomic E-state index is -3.37. The Morgan fingerprint density at radius 1 is 1.20 bits per heavy atom. The minimum absolute atomic E-state index is 0.126. The van der Waals surface area contributed by atoms with Crippen LogP contribution in [0.5, 0.6) is 5.75 Å². The number of carbonyl (C=O) groups excluding carboxylic acids is 1. The maximum atomic E-state index is 12.8. The van der Waals surface area contributed by atoms with Gasteiger partial charge in [-0.05, 0) is 60.7 Å². The number of benzene rings is 2. The predicted octanol–water partition coefficient (Wildman–Crippen LogP) is 2.80. The van der Waals surface area contributed by atoms with Gasteiger partial charge in [0.25, 0.3) is 0 Å². The third-order valence-corrected chi connectivity index (χ3v) is 5.60. The number of anilines is 1. The van der Waals surface area contributed by atoms with Gasteiger partial charge in [-0.1, -0.05) is 23.9 Å². The second-order valence-electron chi connectivity index (χ2n) is 6.35. The van der Waals surface area contributed by atoms with Gasteiger partial charge in [0.2, 0.25) is 15.2 Å². The summed E-state index contributed by atoms with van der Waals surface area (Å²) in [5.41, 5.74) is 1.54. The number of rotatable bonds is 9. The zero-order valence-electron chi connectivity index (χ0n) is 16.6. The lowest BCUT2D eigenvalue weighted by Crippen LogP contribution is -2.15. The summed E-state index contributed by atoms with van der Waals surface area (Å²) < 4.78 is 32.2. The van der Waals surface area contributed by atoms with E-state index in [1.54, 1.807) is 35.9 Å². The van der Waals surface area contributed by atoms with Gasteiger partial charge >= 0.3 is 0 Å². The first-order chi connectivity index (χ1) is 14.3. The van der Waals surface area contributed by atoms with E-state index in [4.69, 9.17) is 4.74 Å². The average molecular weight is 448 g/mol. The Bertz CT molecular complexity index is 1130. The van der Waals surface area contributed by atoms with Crippen molar-refractivity contribution in [1.29, 1.82) is 0 Å². The molecule has 11 heteroatoms.